The van der Waals surface area contributed by atoms with Crippen LogP contribution in [0.3, 0.4) is 0 Å². The van der Waals surface area contributed by atoms with Crippen molar-refractivity contribution in [2.45, 2.75) is 13.3 Å². The van der Waals surface area contributed by atoms with Crippen LogP contribution in [-0.4, -0.2) is 48.3 Å². The van der Waals surface area contributed by atoms with E-state index in [0.717, 1.165) is 16.8 Å². The summed E-state index contributed by atoms with van der Waals surface area (Å²) in [5.41, 5.74) is 3.07. The first-order valence-corrected chi connectivity index (χ1v) is 11.1. The molecule has 1 fully saturated rings. The Kier molecular flexibility index (Phi) is 6.02. The molecule has 0 bridgehead atoms. The molecule has 31 heavy (non-hydrogen) atoms. The first kappa shape index (κ1) is 21.4. The highest BCUT2D eigenvalue weighted by Gasteiger charge is 2.41. The third-order valence-corrected chi connectivity index (χ3v) is 6.84. The van der Waals surface area contributed by atoms with Crippen LogP contribution in [0.25, 0.3) is 5.57 Å². The molecule has 0 radical (unpaired) electrons. The van der Waals surface area contributed by atoms with Gasteiger partial charge in [0.15, 0.2) is 11.5 Å². The van der Waals surface area contributed by atoms with E-state index in [1.54, 1.807) is 24.0 Å². The van der Waals surface area contributed by atoms with Crippen LogP contribution in [-0.2, 0) is 16.0 Å². The molecular formula is C23H22N2O4S2. The zero-order chi connectivity index (χ0) is 22.1. The van der Waals surface area contributed by atoms with Gasteiger partial charge in [0.25, 0.3) is 11.8 Å². The molecule has 2 amide bonds. The maximum Gasteiger partial charge on any atom is 0.267 e. The highest BCUT2D eigenvalue weighted by Crippen LogP contribution is 2.44. The molecule has 0 atom stereocenters. The van der Waals surface area contributed by atoms with Crippen molar-refractivity contribution in [1.29, 1.82) is 0 Å². The number of likely N-dealkylation sites (N-methyl/N-ethyl adjacent to an activating group) is 1. The first-order valence-electron chi connectivity index (χ1n) is 9.90. The molecule has 8 heteroatoms. The molecule has 0 unspecified atom stereocenters. The Balaban J connectivity index is 1.59. The molecule has 0 aliphatic carbocycles. The summed E-state index contributed by atoms with van der Waals surface area (Å²) in [5, 5.41) is 0. The maximum absolute atomic E-state index is 13.2. The lowest BCUT2D eigenvalue weighted by Gasteiger charge is -2.15. The van der Waals surface area contributed by atoms with E-state index in [2.05, 4.69) is 0 Å². The average molecular weight is 455 g/mol. The number of hydrogen-bond donors (Lipinski definition) is 0. The number of nitrogens with zero attached hydrogens (tertiary/aromatic N) is 2. The molecule has 2 aromatic rings. The lowest BCUT2D eigenvalue weighted by Crippen LogP contribution is -2.31. The van der Waals surface area contributed by atoms with Gasteiger partial charge in [-0.1, -0.05) is 48.2 Å². The Bertz CT molecular complexity index is 1110. The predicted octanol–water partition coefficient (Wildman–Crippen LogP) is 3.88. The van der Waals surface area contributed by atoms with Gasteiger partial charge < -0.3 is 14.4 Å². The van der Waals surface area contributed by atoms with Crippen LogP contribution < -0.4 is 14.4 Å². The zero-order valence-electron chi connectivity index (χ0n) is 17.5. The van der Waals surface area contributed by atoms with Crippen molar-refractivity contribution in [3.8, 4) is 11.5 Å². The number of carbonyl (C=O) groups is 2. The van der Waals surface area contributed by atoms with Gasteiger partial charge in [-0.2, -0.15) is 0 Å². The van der Waals surface area contributed by atoms with Gasteiger partial charge in [0.1, 0.15) is 4.32 Å². The molecule has 0 aromatic heterocycles. The molecule has 0 saturated carbocycles. The normalized spacial score (nSPS) is 18.1. The molecule has 160 valence electrons. The van der Waals surface area contributed by atoms with Crippen LogP contribution in [0.2, 0.25) is 0 Å². The van der Waals surface area contributed by atoms with E-state index in [4.69, 9.17) is 21.7 Å². The van der Waals surface area contributed by atoms with Crippen LogP contribution >= 0.6 is 24.0 Å². The van der Waals surface area contributed by atoms with Crippen molar-refractivity contribution >= 4 is 51.4 Å². The summed E-state index contributed by atoms with van der Waals surface area (Å²) < 4.78 is 11.1. The van der Waals surface area contributed by atoms with E-state index in [0.29, 0.717) is 45.8 Å². The quantitative estimate of drug-likeness (QED) is 0.488. The lowest BCUT2D eigenvalue weighted by molar-refractivity contribution is -0.122. The predicted molar refractivity (Wildman–Crippen MR) is 127 cm³/mol. The van der Waals surface area contributed by atoms with Crippen molar-refractivity contribution in [3.05, 3.63) is 58.5 Å². The summed E-state index contributed by atoms with van der Waals surface area (Å²) in [4.78, 5) is 30.0. The molecule has 2 aliphatic heterocycles. The Morgan fingerprint density at radius 1 is 0.968 bits per heavy atom. The fraction of sp³-hybridized carbons (Fsp3) is 0.261. The van der Waals surface area contributed by atoms with Crippen molar-refractivity contribution in [1.82, 2.24) is 4.90 Å². The van der Waals surface area contributed by atoms with Crippen molar-refractivity contribution in [2.75, 3.05) is 32.2 Å². The molecule has 2 heterocycles. The van der Waals surface area contributed by atoms with E-state index in [-0.39, 0.29) is 11.8 Å². The third kappa shape index (κ3) is 3.70. The summed E-state index contributed by atoms with van der Waals surface area (Å²) in [6.45, 7) is 2.88. The lowest BCUT2D eigenvalue weighted by atomic mass is 10.1. The van der Waals surface area contributed by atoms with E-state index in [1.165, 1.54) is 11.8 Å². The topological polar surface area (TPSA) is 59.1 Å². The maximum atomic E-state index is 13.2. The Morgan fingerprint density at radius 3 is 2.42 bits per heavy atom. The zero-order valence-corrected chi connectivity index (χ0v) is 19.1. The number of anilines is 1. The molecule has 0 spiro atoms. The minimum Gasteiger partial charge on any atom is -0.493 e. The molecule has 2 aromatic carbocycles. The van der Waals surface area contributed by atoms with Gasteiger partial charge in [-0.05, 0) is 37.1 Å². The molecule has 4 rings (SSSR count). The van der Waals surface area contributed by atoms with E-state index >= 15 is 0 Å². The van der Waals surface area contributed by atoms with E-state index < -0.39 is 0 Å². The summed E-state index contributed by atoms with van der Waals surface area (Å²) in [6, 6.07) is 13.2. The second-order valence-corrected chi connectivity index (χ2v) is 8.68. The van der Waals surface area contributed by atoms with Gasteiger partial charge in [-0.25, -0.2) is 0 Å². The molecule has 2 aliphatic rings. The van der Waals surface area contributed by atoms with Gasteiger partial charge in [0.2, 0.25) is 0 Å². The first-order chi connectivity index (χ1) is 15.0. The van der Waals surface area contributed by atoms with E-state index in [9.17, 15) is 9.59 Å². The van der Waals surface area contributed by atoms with Crippen molar-refractivity contribution < 1.29 is 19.1 Å². The second kappa shape index (κ2) is 8.72. The highest BCUT2D eigenvalue weighted by atomic mass is 32.2. The van der Waals surface area contributed by atoms with Crippen molar-refractivity contribution in [2.24, 2.45) is 0 Å². The monoisotopic (exact) mass is 454 g/mol. The number of ether oxygens (including phenoxy) is 2. The number of carbonyl (C=O) groups excluding carboxylic acids is 2. The fourth-order valence-corrected chi connectivity index (χ4v) is 5.21. The number of amides is 2. The number of thioether (sulfide) groups is 1. The molecular weight excluding hydrogens is 432 g/mol. The summed E-state index contributed by atoms with van der Waals surface area (Å²) in [7, 11) is 3.18. The van der Waals surface area contributed by atoms with Crippen LogP contribution in [0.15, 0.2) is 47.4 Å². The van der Waals surface area contributed by atoms with Gasteiger partial charge >= 0.3 is 0 Å². The molecule has 0 N–H and O–H groups in total. The number of thiocarbonyl (C=S) groups is 1. The van der Waals surface area contributed by atoms with Gasteiger partial charge in [0, 0.05) is 18.7 Å². The Hall–Kier alpha value is -2.84. The summed E-state index contributed by atoms with van der Waals surface area (Å²) in [6.07, 6.45) is 0.598. The average Bonchev–Trinajstić information content (AvgIpc) is 3.23. The minimum absolute atomic E-state index is 0.149. The summed E-state index contributed by atoms with van der Waals surface area (Å²) in [5.74, 6) is 0.927. The SMILES string of the molecule is CCN1C(=O)C(=C2SC(=S)N(CCc3ccc(OC)c(OC)c3)C2=O)c2ccccc21. The molecule has 6 nitrogen and oxygen atoms in total. The third-order valence-electron chi connectivity index (χ3n) is 5.39. The van der Waals surface area contributed by atoms with Crippen LogP contribution in [0, 0.1) is 0 Å². The number of hydrogen-bond acceptors (Lipinski definition) is 6. The standard InChI is InChI=1S/C23H22N2O4S2/c1-4-24-16-8-6-5-7-15(16)19(21(24)26)20-22(27)25(23(30)31-20)12-11-14-9-10-17(28-2)18(13-14)29-3/h5-10,13H,4,11-12H2,1-3H3. The number of para-hydroxylation sites is 1. The van der Waals surface area contributed by atoms with Gasteiger partial charge in [0.05, 0.1) is 30.4 Å². The number of rotatable bonds is 6. The van der Waals surface area contributed by atoms with E-state index in [1.807, 2.05) is 49.4 Å². The van der Waals surface area contributed by atoms with Crippen LogP contribution in [0.1, 0.15) is 18.1 Å². The Morgan fingerprint density at radius 2 is 1.71 bits per heavy atom. The molecule has 1 saturated heterocycles. The number of benzene rings is 2. The summed E-state index contributed by atoms with van der Waals surface area (Å²) >= 11 is 6.70. The smallest absolute Gasteiger partial charge is 0.267 e. The van der Waals surface area contributed by atoms with Crippen LogP contribution in [0.4, 0.5) is 5.69 Å². The largest absolute Gasteiger partial charge is 0.493 e. The second-order valence-electron chi connectivity index (χ2n) is 7.03. The fourth-order valence-electron chi connectivity index (χ4n) is 3.83. The van der Waals surface area contributed by atoms with Gasteiger partial charge in [-0.15, -0.1) is 0 Å². The number of fused-ring (bicyclic) bond motifs is 1. The Labute approximate surface area is 190 Å². The minimum atomic E-state index is -0.216. The number of methoxy groups -OCH3 is 2. The van der Waals surface area contributed by atoms with Gasteiger partial charge in [-0.3, -0.25) is 14.5 Å². The highest BCUT2D eigenvalue weighted by molar-refractivity contribution is 8.26. The van der Waals surface area contributed by atoms with Crippen LogP contribution in [0.5, 0.6) is 11.5 Å². The van der Waals surface area contributed by atoms with Crippen molar-refractivity contribution in [3.63, 3.8) is 0 Å².